The molecule has 2 rings (SSSR count). The van der Waals surface area contributed by atoms with Crippen LogP contribution in [0.15, 0.2) is 6.33 Å². The van der Waals surface area contributed by atoms with Crippen molar-refractivity contribution in [2.45, 2.75) is 55.4 Å². The molecule has 0 atom stereocenters. The Labute approximate surface area is 128 Å². The van der Waals surface area contributed by atoms with Crippen LogP contribution in [0, 0.1) is 6.92 Å². The number of carbonyl (C=O) groups excluding carboxylic acids is 1. The summed E-state index contributed by atoms with van der Waals surface area (Å²) < 4.78 is 0. The molecule has 1 N–H and O–H groups in total. The number of nitrogens with zero attached hydrogens (tertiary/aromatic N) is 4. The molecule has 6 heteroatoms. The van der Waals surface area contributed by atoms with E-state index in [1.165, 1.54) is 18.2 Å². The normalized spacial score (nSPS) is 8.43. The van der Waals surface area contributed by atoms with Crippen molar-refractivity contribution >= 4 is 22.9 Å². The van der Waals surface area contributed by atoms with Crippen molar-refractivity contribution in [3.05, 3.63) is 12.2 Å². The fourth-order valence-corrected chi connectivity index (χ4v) is 1.32. The van der Waals surface area contributed by atoms with E-state index < -0.39 is 0 Å². The number of hydrogen-bond acceptors (Lipinski definition) is 4. The van der Waals surface area contributed by atoms with Crippen LogP contribution in [0.1, 0.15) is 54.3 Å². The number of anilines is 1. The number of aromatic nitrogens is 4. The number of aromatic amines is 1. The predicted molar refractivity (Wildman–Crippen MR) is 89.5 cm³/mol. The van der Waals surface area contributed by atoms with E-state index in [4.69, 9.17) is 0 Å². The lowest BCUT2D eigenvalue weighted by Gasteiger charge is -2.14. The van der Waals surface area contributed by atoms with E-state index in [1.54, 1.807) is 14.0 Å². The van der Waals surface area contributed by atoms with Gasteiger partial charge in [0.25, 0.3) is 0 Å². The van der Waals surface area contributed by atoms with Crippen LogP contribution >= 0.6 is 0 Å². The van der Waals surface area contributed by atoms with Crippen LogP contribution in [-0.4, -0.2) is 32.9 Å². The zero-order valence-electron chi connectivity index (χ0n) is 14.8. The van der Waals surface area contributed by atoms with E-state index in [-0.39, 0.29) is 5.91 Å². The molecule has 0 aliphatic rings. The molecule has 0 aliphatic heterocycles. The van der Waals surface area contributed by atoms with Gasteiger partial charge in [-0.1, -0.05) is 41.5 Å². The minimum Gasteiger partial charge on any atom is -0.340 e. The lowest BCUT2D eigenvalue weighted by Crippen LogP contribution is -2.24. The standard InChI is InChI=1S/C9H11N5O.3C2H6/c1-5-12-8-7(10-4-11-8)9(13-5)14(3)6(2)15;3*1-2/h4H,1-3H3,(H,10,11,12,13);3*1-2H3. The van der Waals surface area contributed by atoms with Gasteiger partial charge in [0.1, 0.15) is 11.3 Å². The zero-order valence-corrected chi connectivity index (χ0v) is 14.8. The van der Waals surface area contributed by atoms with Crippen LogP contribution in [0.4, 0.5) is 5.82 Å². The first-order chi connectivity index (χ1) is 10.1. The Balaban J connectivity index is 0. The third-order valence-electron chi connectivity index (χ3n) is 2.17. The topological polar surface area (TPSA) is 74.8 Å². The van der Waals surface area contributed by atoms with Gasteiger partial charge in [0.15, 0.2) is 11.5 Å². The highest BCUT2D eigenvalue weighted by Crippen LogP contribution is 2.19. The van der Waals surface area contributed by atoms with Crippen LogP contribution in [0.5, 0.6) is 0 Å². The molecule has 1 amide bonds. The summed E-state index contributed by atoms with van der Waals surface area (Å²) in [5.74, 6) is 1.07. The zero-order chi connectivity index (χ0) is 17.0. The Morgan fingerprint density at radius 3 is 2.10 bits per heavy atom. The smallest absolute Gasteiger partial charge is 0.224 e. The van der Waals surface area contributed by atoms with E-state index in [9.17, 15) is 4.79 Å². The fourth-order valence-electron chi connectivity index (χ4n) is 1.32. The van der Waals surface area contributed by atoms with Crippen LogP contribution in [0.2, 0.25) is 0 Å². The van der Waals surface area contributed by atoms with Crippen LogP contribution in [-0.2, 0) is 4.79 Å². The lowest BCUT2D eigenvalue weighted by molar-refractivity contribution is -0.116. The summed E-state index contributed by atoms with van der Waals surface area (Å²) in [5, 5.41) is 0. The highest BCUT2D eigenvalue weighted by Gasteiger charge is 2.14. The van der Waals surface area contributed by atoms with Crippen LogP contribution in [0.3, 0.4) is 0 Å². The largest absolute Gasteiger partial charge is 0.340 e. The lowest BCUT2D eigenvalue weighted by atomic mass is 10.4. The van der Waals surface area contributed by atoms with Gasteiger partial charge in [0.05, 0.1) is 6.33 Å². The maximum Gasteiger partial charge on any atom is 0.224 e. The third-order valence-corrected chi connectivity index (χ3v) is 2.17. The number of imidazole rings is 1. The number of amides is 1. The molecule has 0 fully saturated rings. The molecule has 2 aromatic rings. The monoisotopic (exact) mass is 295 g/mol. The molecule has 0 saturated carbocycles. The second-order valence-corrected chi connectivity index (χ2v) is 3.27. The first-order valence-electron chi connectivity index (χ1n) is 7.51. The average Bonchev–Trinajstić information content (AvgIpc) is 2.99. The molecule has 0 bridgehead atoms. The van der Waals surface area contributed by atoms with Crippen molar-refractivity contribution in [3.8, 4) is 0 Å². The third kappa shape index (κ3) is 5.89. The number of rotatable bonds is 1. The summed E-state index contributed by atoms with van der Waals surface area (Å²) >= 11 is 0. The van der Waals surface area contributed by atoms with Crippen LogP contribution in [0.25, 0.3) is 11.2 Å². The molecule has 120 valence electrons. The molecule has 0 aliphatic carbocycles. The second-order valence-electron chi connectivity index (χ2n) is 3.27. The van der Waals surface area contributed by atoms with Gasteiger partial charge in [-0.05, 0) is 6.92 Å². The Morgan fingerprint density at radius 1 is 1.10 bits per heavy atom. The van der Waals surface area contributed by atoms with Crippen molar-refractivity contribution in [1.82, 2.24) is 19.9 Å². The maximum absolute atomic E-state index is 11.3. The summed E-state index contributed by atoms with van der Waals surface area (Å²) in [4.78, 5) is 28.0. The molecule has 2 heterocycles. The average molecular weight is 295 g/mol. The first kappa shape index (κ1) is 21.3. The summed E-state index contributed by atoms with van der Waals surface area (Å²) in [6, 6.07) is 0. The molecular weight excluding hydrogens is 266 g/mol. The van der Waals surface area contributed by atoms with E-state index >= 15 is 0 Å². The van der Waals surface area contributed by atoms with Crippen molar-refractivity contribution in [2.24, 2.45) is 0 Å². The SMILES string of the molecule is CC.CC.CC.CC(=O)N(C)c1nc(C)nc2nc[nH]c12. The van der Waals surface area contributed by atoms with Gasteiger partial charge in [-0.25, -0.2) is 15.0 Å². The van der Waals surface area contributed by atoms with Gasteiger partial charge in [-0.15, -0.1) is 0 Å². The molecule has 2 aromatic heterocycles. The van der Waals surface area contributed by atoms with Crippen LogP contribution < -0.4 is 4.90 Å². The van der Waals surface area contributed by atoms with Gasteiger partial charge in [-0.2, -0.15) is 0 Å². The van der Waals surface area contributed by atoms with Crippen molar-refractivity contribution in [2.75, 3.05) is 11.9 Å². The van der Waals surface area contributed by atoms with Gasteiger partial charge in [0.2, 0.25) is 5.91 Å². The summed E-state index contributed by atoms with van der Waals surface area (Å²) in [7, 11) is 1.67. The summed E-state index contributed by atoms with van der Waals surface area (Å²) in [6.45, 7) is 15.3. The number of carbonyl (C=O) groups is 1. The van der Waals surface area contributed by atoms with E-state index in [0.717, 1.165) is 0 Å². The number of hydrogen-bond donors (Lipinski definition) is 1. The highest BCUT2D eigenvalue weighted by molar-refractivity contribution is 5.97. The summed E-state index contributed by atoms with van der Waals surface area (Å²) in [5.41, 5.74) is 1.25. The maximum atomic E-state index is 11.3. The van der Waals surface area contributed by atoms with Gasteiger partial charge < -0.3 is 4.98 Å². The number of fused-ring (bicyclic) bond motifs is 1. The van der Waals surface area contributed by atoms with E-state index in [2.05, 4.69) is 19.9 Å². The first-order valence-corrected chi connectivity index (χ1v) is 7.51. The minimum absolute atomic E-state index is 0.0796. The molecule has 0 saturated heterocycles. The number of aryl methyl sites for hydroxylation is 1. The molecule has 0 unspecified atom stereocenters. The van der Waals surface area contributed by atoms with Crippen molar-refractivity contribution < 1.29 is 4.79 Å². The Hall–Kier alpha value is -1.98. The van der Waals surface area contributed by atoms with E-state index in [1.807, 2.05) is 41.5 Å². The number of nitrogens with one attached hydrogen (secondary N) is 1. The molecular formula is C15H29N5O. The van der Waals surface area contributed by atoms with E-state index in [0.29, 0.717) is 22.8 Å². The summed E-state index contributed by atoms with van der Waals surface area (Å²) in [6.07, 6.45) is 1.54. The number of H-pyrrole nitrogens is 1. The van der Waals surface area contributed by atoms with Gasteiger partial charge >= 0.3 is 0 Å². The molecule has 0 radical (unpaired) electrons. The molecule has 0 aromatic carbocycles. The Morgan fingerprint density at radius 2 is 1.62 bits per heavy atom. The second kappa shape index (κ2) is 11.8. The molecule has 0 spiro atoms. The fraction of sp³-hybridized carbons (Fsp3) is 0.600. The van der Waals surface area contributed by atoms with Gasteiger partial charge in [-0.3, -0.25) is 9.69 Å². The Bertz CT molecular complexity index is 522. The quantitative estimate of drug-likeness (QED) is 0.870. The minimum atomic E-state index is -0.0796. The highest BCUT2D eigenvalue weighted by atomic mass is 16.2. The predicted octanol–water partition coefficient (Wildman–Crippen LogP) is 3.72. The molecule has 21 heavy (non-hydrogen) atoms. The Kier molecular flexibility index (Phi) is 12.0. The van der Waals surface area contributed by atoms with Crippen molar-refractivity contribution in [1.29, 1.82) is 0 Å². The van der Waals surface area contributed by atoms with Gasteiger partial charge in [0, 0.05) is 14.0 Å². The molecule has 6 nitrogen and oxygen atoms in total. The van der Waals surface area contributed by atoms with Crippen molar-refractivity contribution in [3.63, 3.8) is 0 Å².